The van der Waals surface area contributed by atoms with Gasteiger partial charge in [-0.05, 0) is 80.6 Å². The largest absolute Gasteiger partial charge is 0.300 e. The van der Waals surface area contributed by atoms with Crippen LogP contribution < -0.4 is 0 Å². The van der Waals surface area contributed by atoms with E-state index in [1.807, 2.05) is 0 Å². The van der Waals surface area contributed by atoms with Gasteiger partial charge >= 0.3 is 0 Å². The van der Waals surface area contributed by atoms with Crippen LogP contribution >= 0.6 is 0 Å². The highest BCUT2D eigenvalue weighted by Gasteiger charge is 2.61. The predicted molar refractivity (Wildman–Crippen MR) is 100 cm³/mol. The molecule has 0 aromatic heterocycles. The summed E-state index contributed by atoms with van der Waals surface area (Å²) in [5.41, 5.74) is 3.15. The summed E-state index contributed by atoms with van der Waals surface area (Å²) in [4.78, 5) is 24.7. The zero-order valence-electron chi connectivity index (χ0n) is 16.2. The van der Waals surface area contributed by atoms with Crippen LogP contribution in [0.1, 0.15) is 72.6 Å². The number of fused-ring (bicyclic) bond motifs is 5. The highest BCUT2D eigenvalue weighted by molar-refractivity contribution is 5.89. The lowest BCUT2D eigenvalue weighted by molar-refractivity contribution is -0.132. The lowest BCUT2D eigenvalue weighted by atomic mass is 9.47. The molecule has 136 valence electrons. The highest BCUT2D eigenvalue weighted by Crippen LogP contribution is 2.65. The summed E-state index contributed by atoms with van der Waals surface area (Å²) in [6.07, 6.45) is 11.9. The first-order valence-electron chi connectivity index (χ1n) is 10.2. The number of ketones is 2. The molecular formula is C23H32O2. The number of rotatable bonds is 2. The van der Waals surface area contributed by atoms with E-state index in [0.29, 0.717) is 36.4 Å². The quantitative estimate of drug-likeness (QED) is 0.685. The molecule has 0 saturated heterocycles. The Morgan fingerprint density at radius 3 is 2.72 bits per heavy atom. The first-order valence-corrected chi connectivity index (χ1v) is 10.2. The first-order chi connectivity index (χ1) is 11.8. The van der Waals surface area contributed by atoms with E-state index in [9.17, 15) is 9.59 Å². The third-order valence-corrected chi connectivity index (χ3v) is 8.36. The van der Waals surface area contributed by atoms with Crippen LogP contribution in [0.2, 0.25) is 0 Å². The summed E-state index contributed by atoms with van der Waals surface area (Å²) in [5.74, 6) is 2.62. The second kappa shape index (κ2) is 5.66. The second-order valence-electron chi connectivity index (χ2n) is 9.85. The van der Waals surface area contributed by atoms with Crippen LogP contribution in [0.3, 0.4) is 0 Å². The molecule has 4 rings (SSSR count). The maximum Gasteiger partial charge on any atom is 0.139 e. The molecule has 2 fully saturated rings. The number of carbonyl (C=O) groups excluding carboxylic acids is 2. The molecule has 4 aliphatic rings. The van der Waals surface area contributed by atoms with Crippen LogP contribution in [0.4, 0.5) is 0 Å². The van der Waals surface area contributed by atoms with Crippen molar-refractivity contribution in [1.82, 2.24) is 0 Å². The molecule has 6 atom stereocenters. The summed E-state index contributed by atoms with van der Waals surface area (Å²) in [5, 5.41) is 0. The minimum absolute atomic E-state index is 0.177. The topological polar surface area (TPSA) is 34.1 Å². The van der Waals surface area contributed by atoms with Gasteiger partial charge in [-0.2, -0.15) is 0 Å². The van der Waals surface area contributed by atoms with Crippen molar-refractivity contribution in [2.75, 3.05) is 0 Å². The van der Waals surface area contributed by atoms with Crippen molar-refractivity contribution in [3.8, 4) is 0 Å². The number of Topliss-reactive ketones (excluding diaryl/α,β-unsaturated/α-hetero) is 2. The fourth-order valence-corrected chi connectivity index (χ4v) is 7.08. The van der Waals surface area contributed by atoms with E-state index in [1.54, 1.807) is 12.5 Å². The SMILES string of the molecule is CC(=O)C[C@H]1CC(=O)[C@@]2(C)CC[C@H]3[C@@H](CC=C4C=C(C)CC[C@@]43C)[C@H]12. The smallest absolute Gasteiger partial charge is 0.139 e. The molecule has 25 heavy (non-hydrogen) atoms. The molecule has 0 aromatic rings. The van der Waals surface area contributed by atoms with Crippen LogP contribution in [0.15, 0.2) is 23.3 Å². The molecular weight excluding hydrogens is 308 g/mol. The molecule has 4 aliphatic carbocycles. The second-order valence-corrected chi connectivity index (χ2v) is 9.85. The van der Waals surface area contributed by atoms with Gasteiger partial charge in [-0.15, -0.1) is 0 Å². The third-order valence-electron chi connectivity index (χ3n) is 8.36. The maximum atomic E-state index is 12.9. The van der Waals surface area contributed by atoms with Crippen LogP contribution in [0.5, 0.6) is 0 Å². The fourth-order valence-electron chi connectivity index (χ4n) is 7.08. The molecule has 2 saturated carbocycles. The summed E-state index contributed by atoms with van der Waals surface area (Å²) >= 11 is 0. The Bertz CT molecular complexity index is 684. The Morgan fingerprint density at radius 2 is 2.00 bits per heavy atom. The standard InChI is InChI=1S/C23H32O2/c1-14-7-9-22(3)17(11-14)5-6-18-19(22)8-10-23(4)20(25)13-16(21(18)23)12-15(2)24/h5,11,16,18-19,21H,6-10,12-13H2,1-4H3/t16-,18+,19-,21-,22-,23+/m0/s1. The van der Waals surface area contributed by atoms with E-state index in [4.69, 9.17) is 0 Å². The third kappa shape index (κ3) is 2.43. The van der Waals surface area contributed by atoms with Gasteiger partial charge in [0.25, 0.3) is 0 Å². The molecule has 0 N–H and O–H groups in total. The van der Waals surface area contributed by atoms with Crippen molar-refractivity contribution in [3.63, 3.8) is 0 Å². The van der Waals surface area contributed by atoms with E-state index < -0.39 is 0 Å². The summed E-state index contributed by atoms with van der Waals surface area (Å²) in [7, 11) is 0. The average Bonchev–Trinajstić information content (AvgIpc) is 2.78. The van der Waals surface area contributed by atoms with Crippen LogP contribution in [-0.4, -0.2) is 11.6 Å². The number of hydrogen-bond donors (Lipinski definition) is 0. The van der Waals surface area contributed by atoms with Gasteiger partial charge in [-0.1, -0.05) is 31.6 Å². The Labute approximate surface area is 152 Å². The lowest BCUT2D eigenvalue weighted by Gasteiger charge is -2.56. The molecule has 0 bridgehead atoms. The molecule has 2 heteroatoms. The van der Waals surface area contributed by atoms with Crippen molar-refractivity contribution in [2.24, 2.45) is 34.5 Å². The van der Waals surface area contributed by atoms with Crippen molar-refractivity contribution in [2.45, 2.75) is 72.6 Å². The Kier molecular flexibility index (Phi) is 3.90. The van der Waals surface area contributed by atoms with Crippen LogP contribution in [0.25, 0.3) is 0 Å². The van der Waals surface area contributed by atoms with Gasteiger partial charge in [0.15, 0.2) is 0 Å². The van der Waals surface area contributed by atoms with E-state index >= 15 is 0 Å². The van der Waals surface area contributed by atoms with Gasteiger partial charge in [-0.25, -0.2) is 0 Å². The first kappa shape index (κ1) is 17.2. The predicted octanol–water partition coefficient (Wildman–Crippen LogP) is 5.28. The highest BCUT2D eigenvalue weighted by atomic mass is 16.1. The van der Waals surface area contributed by atoms with Crippen molar-refractivity contribution in [1.29, 1.82) is 0 Å². The van der Waals surface area contributed by atoms with Crippen molar-refractivity contribution >= 4 is 11.6 Å². The average molecular weight is 341 g/mol. The number of allylic oxidation sites excluding steroid dienone is 4. The molecule has 0 heterocycles. The molecule has 0 radical (unpaired) electrons. The van der Waals surface area contributed by atoms with Crippen molar-refractivity contribution < 1.29 is 9.59 Å². The zero-order chi connectivity index (χ0) is 18.0. The van der Waals surface area contributed by atoms with Gasteiger partial charge in [0, 0.05) is 18.3 Å². The van der Waals surface area contributed by atoms with E-state index in [-0.39, 0.29) is 22.5 Å². The summed E-state index contributed by atoms with van der Waals surface area (Å²) in [6, 6.07) is 0. The van der Waals surface area contributed by atoms with Crippen LogP contribution in [-0.2, 0) is 9.59 Å². The normalized spacial score (nSPS) is 45.8. The monoisotopic (exact) mass is 340 g/mol. The minimum Gasteiger partial charge on any atom is -0.300 e. The Balaban J connectivity index is 1.73. The number of hydrogen-bond acceptors (Lipinski definition) is 2. The van der Waals surface area contributed by atoms with Gasteiger partial charge in [0.1, 0.15) is 11.6 Å². The Hall–Kier alpha value is -1.18. The molecule has 0 amide bonds. The molecule has 0 unspecified atom stereocenters. The maximum absolute atomic E-state index is 12.9. The van der Waals surface area contributed by atoms with Gasteiger partial charge in [0.05, 0.1) is 0 Å². The molecule has 0 spiro atoms. The van der Waals surface area contributed by atoms with Crippen molar-refractivity contribution in [3.05, 3.63) is 23.3 Å². The molecule has 0 aliphatic heterocycles. The zero-order valence-corrected chi connectivity index (χ0v) is 16.2. The van der Waals surface area contributed by atoms with Crippen LogP contribution in [0, 0.1) is 34.5 Å². The van der Waals surface area contributed by atoms with E-state index in [1.165, 1.54) is 24.8 Å². The summed E-state index contributed by atoms with van der Waals surface area (Å²) in [6.45, 7) is 8.62. The van der Waals surface area contributed by atoms with Gasteiger partial charge in [0.2, 0.25) is 0 Å². The lowest BCUT2D eigenvalue weighted by Crippen LogP contribution is -2.50. The van der Waals surface area contributed by atoms with Gasteiger partial charge < -0.3 is 4.79 Å². The fraction of sp³-hybridized carbons (Fsp3) is 0.739. The van der Waals surface area contributed by atoms with E-state index in [2.05, 4.69) is 32.9 Å². The Morgan fingerprint density at radius 1 is 1.24 bits per heavy atom. The van der Waals surface area contributed by atoms with Gasteiger partial charge in [-0.3, -0.25) is 4.79 Å². The molecule has 0 aromatic carbocycles. The number of carbonyl (C=O) groups is 2. The van der Waals surface area contributed by atoms with E-state index in [0.717, 1.165) is 12.8 Å². The minimum atomic E-state index is -0.177. The summed E-state index contributed by atoms with van der Waals surface area (Å²) < 4.78 is 0. The molecule has 2 nitrogen and oxygen atoms in total.